The number of fused-ring (bicyclic) bond motifs is 1. The Hall–Kier alpha value is -1.09. The Morgan fingerprint density at radius 1 is 1.31 bits per heavy atom. The molecule has 1 saturated carbocycles. The highest BCUT2D eigenvalue weighted by atomic mass is 79.9. The number of hydrogen-bond acceptors (Lipinski definition) is 2. The number of ether oxygens (including phenoxy) is 1. The van der Waals surface area contributed by atoms with E-state index in [0.717, 1.165) is 21.1 Å². The second-order valence-corrected chi connectivity index (χ2v) is 5.04. The van der Waals surface area contributed by atoms with Crippen LogP contribution in [-0.4, -0.2) is 12.1 Å². The summed E-state index contributed by atoms with van der Waals surface area (Å²) in [7, 11) is 1.68. The number of hydrogen-bond donors (Lipinski definition) is 0. The van der Waals surface area contributed by atoms with Gasteiger partial charge in [-0.25, -0.2) is 0 Å². The van der Waals surface area contributed by atoms with Crippen molar-refractivity contribution in [2.45, 2.75) is 18.8 Å². The SMILES string of the molecule is COc1cc2nc(C3CC3)ccc2cc1Br. The van der Waals surface area contributed by atoms with Crippen molar-refractivity contribution < 1.29 is 4.74 Å². The van der Waals surface area contributed by atoms with E-state index in [1.807, 2.05) is 6.07 Å². The number of aromatic nitrogens is 1. The predicted molar refractivity (Wildman–Crippen MR) is 68.0 cm³/mol. The van der Waals surface area contributed by atoms with E-state index in [1.165, 1.54) is 18.5 Å². The summed E-state index contributed by atoms with van der Waals surface area (Å²) in [5.41, 5.74) is 2.24. The molecule has 2 nitrogen and oxygen atoms in total. The van der Waals surface area contributed by atoms with E-state index in [1.54, 1.807) is 7.11 Å². The Balaban J connectivity index is 2.17. The van der Waals surface area contributed by atoms with Crippen molar-refractivity contribution in [1.82, 2.24) is 4.98 Å². The first kappa shape index (κ1) is 10.1. The Kier molecular flexibility index (Phi) is 2.36. The molecule has 0 spiro atoms. The van der Waals surface area contributed by atoms with Crippen LogP contribution in [0.25, 0.3) is 10.9 Å². The van der Waals surface area contributed by atoms with Crippen LogP contribution in [0.1, 0.15) is 24.5 Å². The summed E-state index contributed by atoms with van der Waals surface area (Å²) < 4.78 is 6.26. The zero-order chi connectivity index (χ0) is 11.1. The lowest BCUT2D eigenvalue weighted by molar-refractivity contribution is 0.412. The number of halogens is 1. The lowest BCUT2D eigenvalue weighted by Crippen LogP contribution is -1.90. The maximum Gasteiger partial charge on any atom is 0.135 e. The van der Waals surface area contributed by atoms with Gasteiger partial charge in [0.2, 0.25) is 0 Å². The summed E-state index contributed by atoms with van der Waals surface area (Å²) in [5.74, 6) is 1.53. The molecule has 0 aliphatic heterocycles. The zero-order valence-electron chi connectivity index (χ0n) is 9.03. The average Bonchev–Trinajstić information content (AvgIpc) is 3.11. The van der Waals surface area contributed by atoms with Gasteiger partial charge >= 0.3 is 0 Å². The van der Waals surface area contributed by atoms with Gasteiger partial charge in [0.05, 0.1) is 17.1 Å². The summed E-state index contributed by atoms with van der Waals surface area (Å²) in [6, 6.07) is 8.32. The summed E-state index contributed by atoms with van der Waals surface area (Å²) in [5, 5.41) is 1.15. The van der Waals surface area contributed by atoms with Crippen LogP contribution in [0.15, 0.2) is 28.7 Å². The first-order valence-corrected chi connectivity index (χ1v) is 6.21. The van der Waals surface area contributed by atoms with Gasteiger partial charge in [-0.2, -0.15) is 0 Å². The van der Waals surface area contributed by atoms with Crippen LogP contribution in [-0.2, 0) is 0 Å². The molecule has 1 aliphatic rings. The highest BCUT2D eigenvalue weighted by Gasteiger charge is 2.24. The van der Waals surface area contributed by atoms with Gasteiger partial charge in [-0.3, -0.25) is 4.98 Å². The maximum absolute atomic E-state index is 5.28. The fourth-order valence-electron chi connectivity index (χ4n) is 1.90. The Bertz CT molecular complexity index is 549. The third-order valence-electron chi connectivity index (χ3n) is 2.98. The Morgan fingerprint density at radius 3 is 2.81 bits per heavy atom. The molecule has 0 amide bonds. The molecule has 1 fully saturated rings. The second-order valence-electron chi connectivity index (χ2n) is 4.19. The number of pyridine rings is 1. The van der Waals surface area contributed by atoms with Crippen molar-refractivity contribution in [1.29, 1.82) is 0 Å². The molecular weight excluding hydrogens is 266 g/mol. The van der Waals surface area contributed by atoms with Gasteiger partial charge in [-0.15, -0.1) is 0 Å². The van der Waals surface area contributed by atoms with Gasteiger partial charge in [0, 0.05) is 23.1 Å². The van der Waals surface area contributed by atoms with E-state index in [9.17, 15) is 0 Å². The number of nitrogens with zero attached hydrogens (tertiary/aromatic N) is 1. The van der Waals surface area contributed by atoms with Crippen molar-refractivity contribution >= 4 is 26.8 Å². The first-order valence-electron chi connectivity index (χ1n) is 5.42. The molecule has 1 aliphatic carbocycles. The standard InChI is InChI=1S/C13H12BrNO/c1-16-13-7-12-9(6-10(13)14)4-5-11(15-12)8-2-3-8/h4-8H,2-3H2,1H3. The highest BCUT2D eigenvalue weighted by Crippen LogP contribution is 2.40. The van der Waals surface area contributed by atoms with Gasteiger partial charge < -0.3 is 4.74 Å². The van der Waals surface area contributed by atoms with Crippen LogP contribution >= 0.6 is 15.9 Å². The fourth-order valence-corrected chi connectivity index (χ4v) is 2.43. The summed E-state index contributed by atoms with van der Waals surface area (Å²) in [6.07, 6.45) is 2.57. The molecule has 0 N–H and O–H groups in total. The lowest BCUT2D eigenvalue weighted by atomic mass is 10.1. The van der Waals surface area contributed by atoms with Crippen LogP contribution in [0.4, 0.5) is 0 Å². The van der Waals surface area contributed by atoms with Gasteiger partial charge in [0.15, 0.2) is 0 Å². The highest BCUT2D eigenvalue weighted by molar-refractivity contribution is 9.10. The van der Waals surface area contributed by atoms with Crippen molar-refractivity contribution in [3.8, 4) is 5.75 Å². The Morgan fingerprint density at radius 2 is 2.12 bits per heavy atom. The molecule has 1 aromatic carbocycles. The van der Waals surface area contributed by atoms with Gasteiger partial charge in [0.25, 0.3) is 0 Å². The Labute approximate surface area is 103 Å². The first-order chi connectivity index (χ1) is 7.78. The molecule has 2 aromatic rings. The molecule has 1 aromatic heterocycles. The van der Waals surface area contributed by atoms with Crippen LogP contribution in [0, 0.1) is 0 Å². The van der Waals surface area contributed by atoms with Crippen molar-refractivity contribution in [3.05, 3.63) is 34.4 Å². The minimum Gasteiger partial charge on any atom is -0.495 e. The van der Waals surface area contributed by atoms with Crippen molar-refractivity contribution in [3.63, 3.8) is 0 Å². The van der Waals surface area contributed by atoms with E-state index in [-0.39, 0.29) is 0 Å². The molecule has 0 bridgehead atoms. The van der Waals surface area contributed by atoms with Crippen molar-refractivity contribution in [2.24, 2.45) is 0 Å². The summed E-state index contributed by atoms with van der Waals surface area (Å²) in [4.78, 5) is 4.69. The topological polar surface area (TPSA) is 22.1 Å². The average molecular weight is 278 g/mol. The molecule has 82 valence electrons. The molecule has 0 radical (unpaired) electrons. The monoisotopic (exact) mass is 277 g/mol. The number of benzene rings is 1. The van der Waals surface area contributed by atoms with E-state index >= 15 is 0 Å². The summed E-state index contributed by atoms with van der Waals surface area (Å²) in [6.45, 7) is 0. The molecule has 0 saturated heterocycles. The van der Waals surface area contributed by atoms with Gasteiger partial charge in [0.1, 0.15) is 5.75 Å². The number of rotatable bonds is 2. The quantitative estimate of drug-likeness (QED) is 0.831. The van der Waals surface area contributed by atoms with E-state index in [0.29, 0.717) is 5.92 Å². The summed E-state index contributed by atoms with van der Waals surface area (Å²) >= 11 is 3.48. The van der Waals surface area contributed by atoms with Crippen molar-refractivity contribution in [2.75, 3.05) is 7.11 Å². The molecular formula is C13H12BrNO. The van der Waals surface area contributed by atoms with Crippen LogP contribution in [0.2, 0.25) is 0 Å². The smallest absolute Gasteiger partial charge is 0.135 e. The van der Waals surface area contributed by atoms with Crippen LogP contribution < -0.4 is 4.74 Å². The molecule has 3 rings (SSSR count). The fraction of sp³-hybridized carbons (Fsp3) is 0.308. The minimum atomic E-state index is 0.694. The molecule has 16 heavy (non-hydrogen) atoms. The third kappa shape index (κ3) is 1.69. The number of methoxy groups -OCH3 is 1. The second kappa shape index (κ2) is 3.74. The van der Waals surface area contributed by atoms with Crippen LogP contribution in [0.5, 0.6) is 5.75 Å². The van der Waals surface area contributed by atoms with Gasteiger partial charge in [-0.1, -0.05) is 6.07 Å². The molecule has 1 heterocycles. The normalized spacial score (nSPS) is 15.4. The molecule has 3 heteroatoms. The largest absolute Gasteiger partial charge is 0.495 e. The lowest BCUT2D eigenvalue weighted by Gasteiger charge is -2.06. The molecule has 0 atom stereocenters. The predicted octanol–water partition coefficient (Wildman–Crippen LogP) is 3.88. The van der Waals surface area contributed by atoms with E-state index < -0.39 is 0 Å². The van der Waals surface area contributed by atoms with Crippen LogP contribution in [0.3, 0.4) is 0 Å². The van der Waals surface area contributed by atoms with E-state index in [2.05, 4.69) is 39.1 Å². The third-order valence-corrected chi connectivity index (χ3v) is 3.60. The zero-order valence-corrected chi connectivity index (χ0v) is 10.6. The molecule has 0 unspecified atom stereocenters. The van der Waals surface area contributed by atoms with Gasteiger partial charge in [-0.05, 0) is 40.9 Å². The minimum absolute atomic E-state index is 0.694. The maximum atomic E-state index is 5.28. The van der Waals surface area contributed by atoms with E-state index in [4.69, 9.17) is 4.74 Å².